The standard InChI is InChI=1S/C14H20ClNO3/c1-14(2)18-8-10(9-19-14)16-7-11-12(15)5-4-6-13(11)17-3/h4-6,10,16H,7-9H2,1-3H3. The SMILES string of the molecule is COc1cccc(Cl)c1CNC1COC(C)(C)OC1. The van der Waals surface area contributed by atoms with Gasteiger partial charge in [-0.1, -0.05) is 17.7 Å². The molecule has 2 rings (SSSR count). The minimum atomic E-state index is -0.486. The molecular weight excluding hydrogens is 266 g/mol. The predicted octanol–water partition coefficient (Wildman–Crippen LogP) is 2.59. The molecule has 1 aromatic carbocycles. The van der Waals surface area contributed by atoms with Gasteiger partial charge in [0.15, 0.2) is 5.79 Å². The molecule has 0 saturated carbocycles. The molecule has 106 valence electrons. The molecule has 0 atom stereocenters. The molecule has 1 N–H and O–H groups in total. The van der Waals surface area contributed by atoms with E-state index in [4.69, 9.17) is 25.8 Å². The zero-order valence-corrected chi connectivity index (χ0v) is 12.3. The maximum absolute atomic E-state index is 6.19. The highest BCUT2D eigenvalue weighted by atomic mass is 35.5. The van der Waals surface area contributed by atoms with Crippen molar-refractivity contribution in [1.29, 1.82) is 0 Å². The van der Waals surface area contributed by atoms with E-state index in [-0.39, 0.29) is 6.04 Å². The summed E-state index contributed by atoms with van der Waals surface area (Å²) in [5.41, 5.74) is 0.955. The van der Waals surface area contributed by atoms with Crippen LogP contribution in [0.1, 0.15) is 19.4 Å². The lowest BCUT2D eigenvalue weighted by Gasteiger charge is -2.35. The van der Waals surface area contributed by atoms with E-state index < -0.39 is 5.79 Å². The summed E-state index contributed by atoms with van der Waals surface area (Å²) < 4.78 is 16.5. The van der Waals surface area contributed by atoms with E-state index in [2.05, 4.69) is 5.32 Å². The highest BCUT2D eigenvalue weighted by Crippen LogP contribution is 2.26. The van der Waals surface area contributed by atoms with E-state index in [1.54, 1.807) is 7.11 Å². The van der Waals surface area contributed by atoms with Crippen LogP contribution in [-0.4, -0.2) is 32.2 Å². The molecule has 0 unspecified atom stereocenters. The van der Waals surface area contributed by atoms with E-state index in [0.29, 0.717) is 24.8 Å². The summed E-state index contributed by atoms with van der Waals surface area (Å²) in [4.78, 5) is 0. The van der Waals surface area contributed by atoms with E-state index in [9.17, 15) is 0 Å². The lowest BCUT2D eigenvalue weighted by Crippen LogP contribution is -2.48. The summed E-state index contributed by atoms with van der Waals surface area (Å²) in [5.74, 6) is 0.304. The van der Waals surface area contributed by atoms with Gasteiger partial charge >= 0.3 is 0 Å². The summed E-state index contributed by atoms with van der Waals surface area (Å²) in [7, 11) is 1.64. The van der Waals surface area contributed by atoms with Crippen LogP contribution in [0.2, 0.25) is 5.02 Å². The number of rotatable bonds is 4. The molecule has 0 bridgehead atoms. The molecule has 1 heterocycles. The molecule has 1 saturated heterocycles. The number of hydrogen-bond donors (Lipinski definition) is 1. The average Bonchev–Trinajstić information content (AvgIpc) is 2.38. The third-order valence-corrected chi connectivity index (χ3v) is 3.48. The predicted molar refractivity (Wildman–Crippen MR) is 74.6 cm³/mol. The number of nitrogens with one attached hydrogen (secondary N) is 1. The first kappa shape index (κ1) is 14.6. The van der Waals surface area contributed by atoms with Gasteiger partial charge in [-0.2, -0.15) is 0 Å². The van der Waals surface area contributed by atoms with Crippen LogP contribution in [0.25, 0.3) is 0 Å². The van der Waals surface area contributed by atoms with Gasteiger partial charge in [0.2, 0.25) is 0 Å². The van der Waals surface area contributed by atoms with Gasteiger partial charge in [-0.25, -0.2) is 0 Å². The molecule has 19 heavy (non-hydrogen) atoms. The molecule has 0 spiro atoms. The van der Waals surface area contributed by atoms with Crippen molar-refractivity contribution in [2.24, 2.45) is 0 Å². The third-order valence-electron chi connectivity index (χ3n) is 3.13. The highest BCUT2D eigenvalue weighted by molar-refractivity contribution is 6.31. The van der Waals surface area contributed by atoms with Crippen molar-refractivity contribution in [2.75, 3.05) is 20.3 Å². The fraction of sp³-hybridized carbons (Fsp3) is 0.571. The molecule has 0 radical (unpaired) electrons. The molecule has 0 aliphatic carbocycles. The van der Waals surface area contributed by atoms with Crippen molar-refractivity contribution >= 4 is 11.6 Å². The molecule has 1 fully saturated rings. The van der Waals surface area contributed by atoms with Gasteiger partial charge in [0.05, 0.1) is 26.4 Å². The van der Waals surface area contributed by atoms with Gasteiger partial charge in [-0.3, -0.25) is 0 Å². The van der Waals surface area contributed by atoms with Crippen molar-refractivity contribution < 1.29 is 14.2 Å². The van der Waals surface area contributed by atoms with Crippen molar-refractivity contribution in [3.8, 4) is 5.75 Å². The maximum atomic E-state index is 6.19. The smallest absolute Gasteiger partial charge is 0.162 e. The van der Waals surface area contributed by atoms with Crippen molar-refractivity contribution in [3.05, 3.63) is 28.8 Å². The summed E-state index contributed by atoms with van der Waals surface area (Å²) >= 11 is 6.19. The number of ether oxygens (including phenoxy) is 3. The van der Waals surface area contributed by atoms with Gasteiger partial charge in [0.1, 0.15) is 5.75 Å². The van der Waals surface area contributed by atoms with E-state index in [0.717, 1.165) is 11.3 Å². The van der Waals surface area contributed by atoms with Crippen molar-refractivity contribution in [1.82, 2.24) is 5.32 Å². The van der Waals surface area contributed by atoms with Crippen molar-refractivity contribution in [2.45, 2.75) is 32.2 Å². The molecular formula is C14H20ClNO3. The summed E-state index contributed by atoms with van der Waals surface area (Å²) in [6, 6.07) is 5.80. The Hall–Kier alpha value is -0.810. The monoisotopic (exact) mass is 285 g/mol. The van der Waals surface area contributed by atoms with Crippen LogP contribution in [0.5, 0.6) is 5.75 Å². The van der Waals surface area contributed by atoms with Crippen LogP contribution in [0.15, 0.2) is 18.2 Å². The lowest BCUT2D eigenvalue weighted by molar-refractivity contribution is -0.253. The number of benzene rings is 1. The first-order valence-electron chi connectivity index (χ1n) is 6.34. The Morgan fingerprint density at radius 1 is 1.37 bits per heavy atom. The van der Waals surface area contributed by atoms with Crippen LogP contribution in [0.3, 0.4) is 0 Å². The van der Waals surface area contributed by atoms with Gasteiger partial charge in [0, 0.05) is 17.1 Å². The van der Waals surface area contributed by atoms with Crippen LogP contribution < -0.4 is 10.1 Å². The minimum Gasteiger partial charge on any atom is -0.496 e. The second-order valence-corrected chi connectivity index (χ2v) is 5.43. The van der Waals surface area contributed by atoms with E-state index in [1.807, 2.05) is 32.0 Å². The van der Waals surface area contributed by atoms with Crippen LogP contribution >= 0.6 is 11.6 Å². The normalized spacial score (nSPS) is 19.4. The average molecular weight is 286 g/mol. The first-order valence-corrected chi connectivity index (χ1v) is 6.72. The highest BCUT2D eigenvalue weighted by Gasteiger charge is 2.28. The zero-order valence-electron chi connectivity index (χ0n) is 11.5. The Balaban J connectivity index is 1.93. The maximum Gasteiger partial charge on any atom is 0.162 e. The summed E-state index contributed by atoms with van der Waals surface area (Å²) in [6.07, 6.45) is 0. The minimum absolute atomic E-state index is 0.161. The molecule has 0 aromatic heterocycles. The fourth-order valence-corrected chi connectivity index (χ4v) is 2.19. The molecule has 1 aliphatic rings. The lowest BCUT2D eigenvalue weighted by atomic mass is 10.1. The van der Waals surface area contributed by atoms with Gasteiger partial charge in [0.25, 0.3) is 0 Å². The molecule has 5 heteroatoms. The summed E-state index contributed by atoms with van der Waals surface area (Å²) in [6.45, 7) is 5.71. The Labute approximate surface area is 119 Å². The molecule has 4 nitrogen and oxygen atoms in total. The quantitative estimate of drug-likeness (QED) is 0.923. The second kappa shape index (κ2) is 6.09. The Kier molecular flexibility index (Phi) is 4.68. The largest absolute Gasteiger partial charge is 0.496 e. The van der Waals surface area contributed by atoms with Gasteiger partial charge in [-0.05, 0) is 26.0 Å². The van der Waals surface area contributed by atoms with Gasteiger partial charge < -0.3 is 19.5 Å². The molecule has 0 amide bonds. The van der Waals surface area contributed by atoms with E-state index in [1.165, 1.54) is 0 Å². The van der Waals surface area contributed by atoms with Crippen LogP contribution in [0.4, 0.5) is 0 Å². The van der Waals surface area contributed by atoms with E-state index >= 15 is 0 Å². The topological polar surface area (TPSA) is 39.7 Å². The fourth-order valence-electron chi connectivity index (χ4n) is 1.96. The number of hydrogen-bond acceptors (Lipinski definition) is 4. The summed E-state index contributed by atoms with van der Waals surface area (Å²) in [5, 5.41) is 4.08. The first-order chi connectivity index (χ1) is 9.02. The van der Waals surface area contributed by atoms with Gasteiger partial charge in [-0.15, -0.1) is 0 Å². The van der Waals surface area contributed by atoms with Crippen LogP contribution in [0, 0.1) is 0 Å². The Morgan fingerprint density at radius 3 is 2.68 bits per heavy atom. The third kappa shape index (κ3) is 3.83. The number of methoxy groups -OCH3 is 1. The molecule has 1 aromatic rings. The Morgan fingerprint density at radius 2 is 2.05 bits per heavy atom. The van der Waals surface area contributed by atoms with Crippen LogP contribution in [-0.2, 0) is 16.0 Å². The molecule has 1 aliphatic heterocycles. The van der Waals surface area contributed by atoms with Crippen molar-refractivity contribution in [3.63, 3.8) is 0 Å². The second-order valence-electron chi connectivity index (χ2n) is 5.02. The Bertz CT molecular complexity index is 427. The zero-order chi connectivity index (χ0) is 13.9. The number of halogens is 1.